The summed E-state index contributed by atoms with van der Waals surface area (Å²) < 4.78 is 15.9. The number of ketones is 1. The topological polar surface area (TPSA) is 74.2 Å². The minimum Gasteiger partial charge on any atom is -0.496 e. The number of rotatable bonds is 6. The van der Waals surface area contributed by atoms with Gasteiger partial charge in [0.2, 0.25) is 0 Å². The molecule has 1 aromatic carbocycles. The molecule has 0 aromatic heterocycles. The van der Waals surface area contributed by atoms with E-state index >= 15 is 0 Å². The van der Waals surface area contributed by atoms with Crippen LogP contribution in [0.1, 0.15) is 37.7 Å². The lowest BCUT2D eigenvalue weighted by Gasteiger charge is -2.35. The van der Waals surface area contributed by atoms with Gasteiger partial charge in [0.05, 0.1) is 13.7 Å². The fourth-order valence-electron chi connectivity index (χ4n) is 3.89. The Morgan fingerprint density at radius 3 is 2.70 bits per heavy atom. The lowest BCUT2D eigenvalue weighted by atomic mass is 9.71. The van der Waals surface area contributed by atoms with Gasteiger partial charge in [0.15, 0.2) is 5.78 Å². The highest BCUT2D eigenvalue weighted by Crippen LogP contribution is 2.45. The average Bonchev–Trinajstić information content (AvgIpc) is 2.67. The third-order valence-electron chi connectivity index (χ3n) is 5.09. The Kier molecular flexibility index (Phi) is 6.06. The van der Waals surface area contributed by atoms with Crippen molar-refractivity contribution in [2.45, 2.75) is 32.1 Å². The molecule has 2 atom stereocenters. The van der Waals surface area contributed by atoms with Crippen molar-refractivity contribution in [3.63, 3.8) is 0 Å². The standard InChI is InChI=1S/C21H25NO5/c1-13-18(21(24)27-12-11-25-2)19(14-7-4-5-10-17(14)26-3)20-15(22-13)8-6-9-16(20)23/h4-5,7,10,18-19H,6,8-9,11-12H2,1-3H3/t18?,19-/m0/s1. The molecule has 1 unspecified atom stereocenters. The average molecular weight is 371 g/mol. The summed E-state index contributed by atoms with van der Waals surface area (Å²) in [5, 5.41) is 0. The molecule has 144 valence electrons. The number of nitrogens with zero attached hydrogens (tertiary/aromatic N) is 1. The van der Waals surface area contributed by atoms with Crippen LogP contribution in [0.15, 0.2) is 40.5 Å². The Morgan fingerprint density at radius 2 is 1.96 bits per heavy atom. The molecule has 0 saturated carbocycles. The van der Waals surface area contributed by atoms with E-state index in [1.54, 1.807) is 14.2 Å². The van der Waals surface area contributed by atoms with Crippen LogP contribution in [0.25, 0.3) is 0 Å². The summed E-state index contributed by atoms with van der Waals surface area (Å²) in [4.78, 5) is 30.3. The summed E-state index contributed by atoms with van der Waals surface area (Å²) in [5.74, 6) is -0.792. The van der Waals surface area contributed by atoms with Crippen LogP contribution < -0.4 is 4.74 Å². The quantitative estimate of drug-likeness (QED) is 0.567. The molecular formula is C21H25NO5. The van der Waals surface area contributed by atoms with Gasteiger partial charge in [0.25, 0.3) is 0 Å². The van der Waals surface area contributed by atoms with Crippen molar-refractivity contribution < 1.29 is 23.8 Å². The molecule has 1 aromatic rings. The highest BCUT2D eigenvalue weighted by atomic mass is 16.6. The van der Waals surface area contributed by atoms with Gasteiger partial charge < -0.3 is 14.2 Å². The van der Waals surface area contributed by atoms with E-state index in [1.165, 1.54) is 0 Å². The molecule has 1 aliphatic carbocycles. The van der Waals surface area contributed by atoms with Gasteiger partial charge in [0.1, 0.15) is 18.3 Å². The van der Waals surface area contributed by atoms with Gasteiger partial charge in [-0.25, -0.2) is 0 Å². The van der Waals surface area contributed by atoms with E-state index in [0.717, 1.165) is 24.1 Å². The van der Waals surface area contributed by atoms with Gasteiger partial charge in [-0.15, -0.1) is 0 Å². The number of benzene rings is 1. The van der Waals surface area contributed by atoms with Crippen LogP contribution in [-0.2, 0) is 19.1 Å². The predicted octanol–water partition coefficient (Wildman–Crippen LogP) is 3.07. The van der Waals surface area contributed by atoms with Gasteiger partial charge in [-0.05, 0) is 25.8 Å². The van der Waals surface area contributed by atoms with Crippen molar-refractivity contribution in [3.05, 3.63) is 41.1 Å². The first-order valence-electron chi connectivity index (χ1n) is 9.18. The number of allylic oxidation sites excluding steroid dienone is 2. The number of hydrogen-bond donors (Lipinski definition) is 0. The van der Waals surface area contributed by atoms with Crippen molar-refractivity contribution in [3.8, 4) is 5.75 Å². The van der Waals surface area contributed by atoms with Crippen molar-refractivity contribution in [2.24, 2.45) is 10.9 Å². The second-order valence-corrected chi connectivity index (χ2v) is 6.75. The van der Waals surface area contributed by atoms with Crippen LogP contribution in [0.4, 0.5) is 0 Å². The molecule has 6 nitrogen and oxygen atoms in total. The molecule has 0 spiro atoms. The van der Waals surface area contributed by atoms with E-state index in [0.29, 0.717) is 30.1 Å². The number of hydrogen-bond acceptors (Lipinski definition) is 6. The van der Waals surface area contributed by atoms with E-state index in [1.807, 2.05) is 31.2 Å². The maximum absolute atomic E-state index is 12.9. The SMILES string of the molecule is COCCOC(=O)C1C(C)=NC2=C(C(=O)CCC2)[C@H]1c1ccccc1OC. The van der Waals surface area contributed by atoms with Crippen LogP contribution in [0.5, 0.6) is 5.75 Å². The number of Topliss-reactive ketones (excluding diaryl/α,β-unsaturated/α-hetero) is 1. The van der Waals surface area contributed by atoms with Crippen LogP contribution in [0.2, 0.25) is 0 Å². The first kappa shape index (κ1) is 19.3. The molecule has 1 heterocycles. The third-order valence-corrected chi connectivity index (χ3v) is 5.09. The van der Waals surface area contributed by atoms with Gasteiger partial charge in [-0.2, -0.15) is 0 Å². The monoisotopic (exact) mass is 371 g/mol. The molecule has 27 heavy (non-hydrogen) atoms. The van der Waals surface area contributed by atoms with Crippen molar-refractivity contribution in [2.75, 3.05) is 27.4 Å². The molecule has 0 bridgehead atoms. The number of carbonyl (C=O) groups excluding carboxylic acids is 2. The van der Waals surface area contributed by atoms with Crippen LogP contribution in [0.3, 0.4) is 0 Å². The van der Waals surface area contributed by atoms with Gasteiger partial charge in [-0.1, -0.05) is 18.2 Å². The highest BCUT2D eigenvalue weighted by Gasteiger charge is 2.44. The third kappa shape index (κ3) is 3.81. The summed E-state index contributed by atoms with van der Waals surface area (Å²) in [6, 6.07) is 7.51. The minimum absolute atomic E-state index is 0.0538. The Labute approximate surface area is 159 Å². The van der Waals surface area contributed by atoms with Gasteiger partial charge >= 0.3 is 5.97 Å². The van der Waals surface area contributed by atoms with Crippen molar-refractivity contribution in [1.82, 2.24) is 0 Å². The van der Waals surface area contributed by atoms with Crippen LogP contribution in [0, 0.1) is 5.92 Å². The number of esters is 1. The normalized spacial score (nSPS) is 22.2. The zero-order chi connectivity index (χ0) is 19.4. The van der Waals surface area contributed by atoms with Crippen LogP contribution in [-0.4, -0.2) is 44.9 Å². The molecule has 1 aliphatic heterocycles. The first-order chi connectivity index (χ1) is 13.1. The molecule has 0 saturated heterocycles. The summed E-state index contributed by atoms with van der Waals surface area (Å²) >= 11 is 0. The summed E-state index contributed by atoms with van der Waals surface area (Å²) in [5.41, 5.74) is 2.90. The van der Waals surface area contributed by atoms with Gasteiger partial charge in [0, 0.05) is 42.0 Å². The molecule has 0 amide bonds. The Morgan fingerprint density at radius 1 is 1.19 bits per heavy atom. The largest absolute Gasteiger partial charge is 0.496 e. The number of aliphatic imine (C=N–C) groups is 1. The smallest absolute Gasteiger partial charge is 0.315 e. The van der Waals surface area contributed by atoms with Crippen LogP contribution >= 0.6 is 0 Å². The molecule has 0 N–H and O–H groups in total. The van der Waals surface area contributed by atoms with E-state index in [9.17, 15) is 9.59 Å². The highest BCUT2D eigenvalue weighted by molar-refractivity contribution is 6.09. The maximum atomic E-state index is 12.9. The van der Waals surface area contributed by atoms with Crippen molar-refractivity contribution >= 4 is 17.5 Å². The Hall–Kier alpha value is -2.47. The molecule has 6 heteroatoms. The number of ether oxygens (including phenoxy) is 3. The minimum atomic E-state index is -0.654. The molecule has 0 radical (unpaired) electrons. The number of methoxy groups -OCH3 is 2. The predicted molar refractivity (Wildman–Crippen MR) is 101 cm³/mol. The fourth-order valence-corrected chi connectivity index (χ4v) is 3.89. The Bertz CT molecular complexity index is 796. The zero-order valence-corrected chi connectivity index (χ0v) is 16.0. The lowest BCUT2D eigenvalue weighted by Crippen LogP contribution is -2.37. The molecule has 2 aliphatic rings. The lowest BCUT2D eigenvalue weighted by molar-refractivity contribution is -0.147. The van der Waals surface area contributed by atoms with E-state index < -0.39 is 17.8 Å². The second-order valence-electron chi connectivity index (χ2n) is 6.75. The van der Waals surface area contributed by atoms with E-state index in [4.69, 9.17) is 14.2 Å². The van der Waals surface area contributed by atoms with Gasteiger partial charge in [-0.3, -0.25) is 14.6 Å². The van der Waals surface area contributed by atoms with E-state index in [-0.39, 0.29) is 12.4 Å². The first-order valence-corrected chi connectivity index (χ1v) is 9.18. The van der Waals surface area contributed by atoms with Crippen molar-refractivity contribution in [1.29, 1.82) is 0 Å². The summed E-state index contributed by atoms with van der Waals surface area (Å²) in [6.07, 6.45) is 2.01. The molecule has 0 fully saturated rings. The Balaban J connectivity index is 2.08. The maximum Gasteiger partial charge on any atom is 0.315 e. The molecular weight excluding hydrogens is 346 g/mol. The summed E-state index contributed by atoms with van der Waals surface area (Å²) in [6.45, 7) is 2.31. The zero-order valence-electron chi connectivity index (χ0n) is 16.0. The number of carbonyl (C=O) groups is 2. The fraction of sp³-hybridized carbons (Fsp3) is 0.476. The molecule has 3 rings (SSSR count). The second kappa shape index (κ2) is 8.48. The van der Waals surface area contributed by atoms with E-state index in [2.05, 4.69) is 4.99 Å². The summed E-state index contributed by atoms with van der Waals surface area (Å²) in [7, 11) is 3.14. The number of para-hydroxylation sites is 1.